The van der Waals surface area contributed by atoms with Gasteiger partial charge in [-0.05, 0) is 82.2 Å². The fourth-order valence-corrected chi connectivity index (χ4v) is 5.50. The molecule has 0 aliphatic carbocycles. The van der Waals surface area contributed by atoms with Gasteiger partial charge in [-0.1, -0.05) is 54.6 Å². The van der Waals surface area contributed by atoms with Crippen molar-refractivity contribution in [1.82, 2.24) is 19.4 Å². The molecule has 37 heavy (non-hydrogen) atoms. The van der Waals surface area contributed by atoms with E-state index < -0.39 is 0 Å². The Bertz CT molecular complexity index is 2140. The summed E-state index contributed by atoms with van der Waals surface area (Å²) in [5.41, 5.74) is 10.9. The molecule has 0 amide bonds. The minimum absolute atomic E-state index is 0.938. The Labute approximate surface area is 212 Å². The second-order valence-electron chi connectivity index (χ2n) is 9.38. The lowest BCUT2D eigenvalue weighted by molar-refractivity contribution is 1.30. The zero-order valence-corrected chi connectivity index (χ0v) is 19.8. The van der Waals surface area contributed by atoms with Crippen molar-refractivity contribution < 1.29 is 0 Å². The Balaban J connectivity index is 1.24. The maximum Gasteiger partial charge on any atom is 0.138 e. The molecule has 4 heterocycles. The van der Waals surface area contributed by atoms with Gasteiger partial charge >= 0.3 is 0 Å². The standard InChI is InChI=1S/C33H20N4/c1-2-8-30-28(7-1)36-31-16-14-24-19-23(13-15-29(24)37(30)31)21-9-11-22(12-10-21)27-20-25-5-3-17-34-32(25)33-26(27)6-4-18-35-33/h1-20H. The van der Waals surface area contributed by atoms with Gasteiger partial charge in [0.1, 0.15) is 5.65 Å². The number of pyridine rings is 3. The summed E-state index contributed by atoms with van der Waals surface area (Å²) in [6, 6.07) is 38.5. The van der Waals surface area contributed by atoms with Crippen LogP contribution in [0.1, 0.15) is 0 Å². The summed E-state index contributed by atoms with van der Waals surface area (Å²) >= 11 is 0. The molecule has 8 rings (SSSR count). The first-order valence-corrected chi connectivity index (χ1v) is 12.4. The van der Waals surface area contributed by atoms with Gasteiger partial charge in [0.15, 0.2) is 0 Å². The van der Waals surface area contributed by atoms with E-state index in [4.69, 9.17) is 4.98 Å². The predicted octanol–water partition coefficient (Wildman–Crippen LogP) is 8.07. The molecule has 4 aromatic carbocycles. The zero-order valence-electron chi connectivity index (χ0n) is 19.8. The average Bonchev–Trinajstić information content (AvgIpc) is 3.36. The van der Waals surface area contributed by atoms with Gasteiger partial charge < -0.3 is 0 Å². The topological polar surface area (TPSA) is 43.1 Å². The predicted molar refractivity (Wildman–Crippen MR) is 152 cm³/mol. The first-order chi connectivity index (χ1) is 18.3. The van der Waals surface area contributed by atoms with Crippen LogP contribution in [0.2, 0.25) is 0 Å². The van der Waals surface area contributed by atoms with Gasteiger partial charge in [-0.25, -0.2) is 4.98 Å². The highest BCUT2D eigenvalue weighted by Crippen LogP contribution is 2.34. The van der Waals surface area contributed by atoms with Crippen molar-refractivity contribution in [3.8, 4) is 22.3 Å². The van der Waals surface area contributed by atoms with E-state index in [1.54, 1.807) is 0 Å². The van der Waals surface area contributed by atoms with E-state index in [2.05, 4.69) is 105 Å². The second-order valence-corrected chi connectivity index (χ2v) is 9.38. The monoisotopic (exact) mass is 472 g/mol. The van der Waals surface area contributed by atoms with Crippen molar-refractivity contribution in [1.29, 1.82) is 0 Å². The van der Waals surface area contributed by atoms with Crippen LogP contribution in [0.5, 0.6) is 0 Å². The molecule has 0 fully saturated rings. The highest BCUT2D eigenvalue weighted by Gasteiger charge is 2.11. The molecule has 172 valence electrons. The SMILES string of the molecule is c1cnc2c(c1)cc(-c1ccc(-c3ccc4c(ccc5nc6ccccc6n54)c3)cc1)c1cccnc12. The van der Waals surface area contributed by atoms with Crippen LogP contribution in [0.15, 0.2) is 122 Å². The van der Waals surface area contributed by atoms with Crippen LogP contribution in [0, 0.1) is 0 Å². The molecule has 8 aromatic rings. The van der Waals surface area contributed by atoms with E-state index in [1.165, 1.54) is 27.6 Å². The molecule has 4 aromatic heterocycles. The molecule has 0 atom stereocenters. The zero-order chi connectivity index (χ0) is 24.3. The number of hydrogen-bond donors (Lipinski definition) is 0. The second kappa shape index (κ2) is 7.70. The lowest BCUT2D eigenvalue weighted by Crippen LogP contribution is -1.90. The summed E-state index contributed by atoms with van der Waals surface area (Å²) in [6.07, 6.45) is 3.66. The Morgan fingerprint density at radius 3 is 2.22 bits per heavy atom. The highest BCUT2D eigenvalue weighted by atomic mass is 15.0. The number of nitrogens with zero attached hydrogens (tertiary/aromatic N) is 4. The number of hydrogen-bond acceptors (Lipinski definition) is 3. The third-order valence-corrected chi connectivity index (χ3v) is 7.26. The minimum Gasteiger partial charge on any atom is -0.292 e. The van der Waals surface area contributed by atoms with Crippen LogP contribution < -0.4 is 0 Å². The van der Waals surface area contributed by atoms with Crippen molar-refractivity contribution in [3.63, 3.8) is 0 Å². The molecule has 0 unspecified atom stereocenters. The summed E-state index contributed by atoms with van der Waals surface area (Å²) in [7, 11) is 0. The maximum absolute atomic E-state index is 4.78. The molecule has 0 spiro atoms. The molecule has 0 saturated heterocycles. The molecule has 0 bridgehead atoms. The first-order valence-electron chi connectivity index (χ1n) is 12.4. The van der Waals surface area contributed by atoms with Crippen LogP contribution in [-0.4, -0.2) is 19.4 Å². The number of aromatic nitrogens is 4. The fraction of sp³-hybridized carbons (Fsp3) is 0. The highest BCUT2D eigenvalue weighted by molar-refractivity contribution is 6.10. The molecule has 0 aliphatic rings. The quantitative estimate of drug-likeness (QED) is 0.239. The Morgan fingerprint density at radius 2 is 1.30 bits per heavy atom. The van der Waals surface area contributed by atoms with Crippen molar-refractivity contribution in [2.75, 3.05) is 0 Å². The van der Waals surface area contributed by atoms with Gasteiger partial charge in [0, 0.05) is 23.2 Å². The summed E-state index contributed by atoms with van der Waals surface area (Å²) in [6.45, 7) is 0. The lowest BCUT2D eigenvalue weighted by atomic mass is 9.95. The van der Waals surface area contributed by atoms with Crippen molar-refractivity contribution >= 4 is 49.4 Å². The first kappa shape index (κ1) is 20.1. The van der Waals surface area contributed by atoms with E-state index in [9.17, 15) is 0 Å². The molecule has 4 nitrogen and oxygen atoms in total. The Morgan fingerprint density at radius 1 is 0.514 bits per heavy atom. The van der Waals surface area contributed by atoms with Crippen LogP contribution >= 0.6 is 0 Å². The van der Waals surface area contributed by atoms with Crippen LogP contribution in [0.4, 0.5) is 0 Å². The van der Waals surface area contributed by atoms with Gasteiger partial charge in [-0.2, -0.15) is 0 Å². The van der Waals surface area contributed by atoms with Crippen molar-refractivity contribution in [2.24, 2.45) is 0 Å². The average molecular weight is 473 g/mol. The summed E-state index contributed by atoms with van der Waals surface area (Å²) < 4.78 is 2.24. The van der Waals surface area contributed by atoms with Crippen LogP contribution in [0.3, 0.4) is 0 Å². The molecule has 0 N–H and O–H groups in total. The van der Waals surface area contributed by atoms with Gasteiger partial charge in [0.2, 0.25) is 0 Å². The number of para-hydroxylation sites is 2. The fourth-order valence-electron chi connectivity index (χ4n) is 5.50. The molecule has 4 heteroatoms. The number of imidazole rings is 1. The third kappa shape index (κ3) is 3.06. The molecule has 0 saturated carbocycles. The van der Waals surface area contributed by atoms with Gasteiger partial charge in [-0.3, -0.25) is 14.4 Å². The lowest BCUT2D eigenvalue weighted by Gasteiger charge is -2.11. The number of fused-ring (bicyclic) bond motifs is 8. The minimum atomic E-state index is 0.938. The normalized spacial score (nSPS) is 11.8. The van der Waals surface area contributed by atoms with E-state index >= 15 is 0 Å². The summed E-state index contributed by atoms with van der Waals surface area (Å²) in [5.74, 6) is 0. The van der Waals surface area contributed by atoms with Gasteiger partial charge in [0.25, 0.3) is 0 Å². The largest absolute Gasteiger partial charge is 0.292 e. The molecule has 0 radical (unpaired) electrons. The molecular formula is C33H20N4. The summed E-state index contributed by atoms with van der Waals surface area (Å²) in [5, 5.41) is 3.40. The molecule has 0 aliphatic heterocycles. The Kier molecular flexibility index (Phi) is 4.19. The van der Waals surface area contributed by atoms with Crippen molar-refractivity contribution in [2.45, 2.75) is 0 Å². The number of benzene rings is 4. The number of rotatable bonds is 2. The van der Waals surface area contributed by atoms with Crippen LogP contribution in [-0.2, 0) is 0 Å². The van der Waals surface area contributed by atoms with E-state index in [-0.39, 0.29) is 0 Å². The van der Waals surface area contributed by atoms with Gasteiger partial charge in [0.05, 0.1) is 27.6 Å². The Hall–Kier alpha value is -5.09. The third-order valence-electron chi connectivity index (χ3n) is 7.26. The van der Waals surface area contributed by atoms with E-state index in [0.717, 1.165) is 44.0 Å². The summed E-state index contributed by atoms with van der Waals surface area (Å²) in [4.78, 5) is 14.0. The van der Waals surface area contributed by atoms with Crippen LogP contribution in [0.25, 0.3) is 71.6 Å². The molecular weight excluding hydrogens is 452 g/mol. The van der Waals surface area contributed by atoms with Gasteiger partial charge in [-0.15, -0.1) is 0 Å². The van der Waals surface area contributed by atoms with Crippen molar-refractivity contribution in [3.05, 3.63) is 122 Å². The smallest absolute Gasteiger partial charge is 0.138 e. The maximum atomic E-state index is 4.78. The van der Waals surface area contributed by atoms with E-state index in [1.807, 2.05) is 30.6 Å². The van der Waals surface area contributed by atoms with E-state index in [0.29, 0.717) is 0 Å².